The molecule has 1 aromatic rings. The Balaban J connectivity index is 2.69. The molecule has 1 aromatic heterocycles. The molecule has 0 fully saturated rings. The lowest BCUT2D eigenvalue weighted by Crippen LogP contribution is -1.98. The van der Waals surface area contributed by atoms with Gasteiger partial charge in [0.2, 0.25) is 5.90 Å². The molecule has 0 saturated carbocycles. The van der Waals surface area contributed by atoms with Crippen molar-refractivity contribution in [3.63, 3.8) is 0 Å². The van der Waals surface area contributed by atoms with Crippen molar-refractivity contribution in [2.45, 2.75) is 0 Å². The molecule has 0 unspecified atom stereocenters. The zero-order valence-electron chi connectivity index (χ0n) is 5.37. The number of hydrogen-bond donors (Lipinski definition) is 1. The van der Waals surface area contributed by atoms with E-state index in [1.807, 2.05) is 0 Å². The van der Waals surface area contributed by atoms with Crippen molar-refractivity contribution in [3.05, 3.63) is 23.5 Å². The van der Waals surface area contributed by atoms with Crippen LogP contribution in [0.3, 0.4) is 0 Å². The molecule has 2 rings (SSSR count). The summed E-state index contributed by atoms with van der Waals surface area (Å²) < 4.78 is 4.47. The molecule has 5 heteroatoms. The van der Waals surface area contributed by atoms with Crippen molar-refractivity contribution >= 4 is 11.9 Å². The molecule has 11 heavy (non-hydrogen) atoms. The monoisotopic (exact) mass is 149 g/mol. The van der Waals surface area contributed by atoms with E-state index in [0.29, 0.717) is 5.56 Å². The topological polar surface area (TPSA) is 75.9 Å². The molecule has 0 bridgehead atoms. The van der Waals surface area contributed by atoms with Gasteiger partial charge in [0.15, 0.2) is 5.69 Å². The SMILES string of the molecule is N=C1OC(=O)c2ccnnc21. The van der Waals surface area contributed by atoms with Gasteiger partial charge in [-0.1, -0.05) is 0 Å². The number of ether oxygens (including phenoxy) is 1. The highest BCUT2D eigenvalue weighted by atomic mass is 16.5. The van der Waals surface area contributed by atoms with E-state index in [-0.39, 0.29) is 11.6 Å². The fourth-order valence-corrected chi connectivity index (χ4v) is 0.860. The van der Waals surface area contributed by atoms with Gasteiger partial charge in [0.25, 0.3) is 0 Å². The quantitative estimate of drug-likeness (QED) is 0.525. The van der Waals surface area contributed by atoms with Gasteiger partial charge in [-0.2, -0.15) is 5.10 Å². The van der Waals surface area contributed by atoms with Crippen molar-refractivity contribution < 1.29 is 9.53 Å². The van der Waals surface area contributed by atoms with Crippen LogP contribution >= 0.6 is 0 Å². The van der Waals surface area contributed by atoms with Gasteiger partial charge in [-0.05, 0) is 6.07 Å². The summed E-state index contributed by atoms with van der Waals surface area (Å²) >= 11 is 0. The summed E-state index contributed by atoms with van der Waals surface area (Å²) in [5.41, 5.74) is 0.530. The van der Waals surface area contributed by atoms with Crippen LogP contribution in [0.1, 0.15) is 16.1 Å². The third-order valence-corrected chi connectivity index (χ3v) is 1.35. The standard InChI is InChI=1S/C6H3N3O2/c7-5-4-3(6(10)11-5)1-2-8-9-4/h1-2,7H. The van der Waals surface area contributed by atoms with E-state index in [1.165, 1.54) is 12.3 Å². The number of carbonyl (C=O) groups is 1. The lowest BCUT2D eigenvalue weighted by Gasteiger charge is -1.86. The molecule has 1 N–H and O–H groups in total. The molecular formula is C6H3N3O2. The number of esters is 1. The molecule has 54 valence electrons. The maximum Gasteiger partial charge on any atom is 0.347 e. The Hall–Kier alpha value is -1.78. The molecule has 0 amide bonds. The fourth-order valence-electron chi connectivity index (χ4n) is 0.860. The van der Waals surface area contributed by atoms with E-state index in [2.05, 4.69) is 14.9 Å². The molecule has 1 aliphatic heterocycles. The summed E-state index contributed by atoms with van der Waals surface area (Å²) in [5.74, 6) is -0.752. The van der Waals surface area contributed by atoms with Crippen LogP contribution in [0.5, 0.6) is 0 Å². The smallest absolute Gasteiger partial charge is 0.347 e. The number of hydrogen-bond acceptors (Lipinski definition) is 5. The Morgan fingerprint density at radius 1 is 1.55 bits per heavy atom. The molecule has 0 atom stereocenters. The highest BCUT2D eigenvalue weighted by Gasteiger charge is 2.27. The normalized spacial score (nSPS) is 14.5. The number of aromatic nitrogens is 2. The van der Waals surface area contributed by atoms with Gasteiger partial charge in [0.1, 0.15) is 0 Å². The molecular weight excluding hydrogens is 146 g/mol. The Morgan fingerprint density at radius 2 is 2.36 bits per heavy atom. The lowest BCUT2D eigenvalue weighted by atomic mass is 10.2. The highest BCUT2D eigenvalue weighted by Crippen LogP contribution is 2.14. The second-order valence-electron chi connectivity index (χ2n) is 2.01. The first-order valence-corrected chi connectivity index (χ1v) is 2.92. The van der Waals surface area contributed by atoms with Gasteiger partial charge in [-0.15, -0.1) is 5.10 Å². The third-order valence-electron chi connectivity index (χ3n) is 1.35. The summed E-state index contributed by atoms with van der Waals surface area (Å²) in [6.07, 6.45) is 1.39. The third kappa shape index (κ3) is 0.706. The predicted molar refractivity (Wildman–Crippen MR) is 34.3 cm³/mol. The average Bonchev–Trinajstić information content (AvgIpc) is 2.30. The van der Waals surface area contributed by atoms with Gasteiger partial charge >= 0.3 is 5.97 Å². The first kappa shape index (κ1) is 5.96. The first-order valence-electron chi connectivity index (χ1n) is 2.92. The van der Waals surface area contributed by atoms with Crippen molar-refractivity contribution in [2.75, 3.05) is 0 Å². The van der Waals surface area contributed by atoms with Crippen LogP contribution in [0, 0.1) is 5.41 Å². The van der Waals surface area contributed by atoms with E-state index >= 15 is 0 Å². The lowest BCUT2D eigenvalue weighted by molar-refractivity contribution is 0.0736. The number of nitrogens with one attached hydrogen (secondary N) is 1. The van der Waals surface area contributed by atoms with Gasteiger partial charge in [0.05, 0.1) is 11.8 Å². The maximum absolute atomic E-state index is 10.8. The van der Waals surface area contributed by atoms with E-state index in [1.54, 1.807) is 0 Å². The summed E-state index contributed by atoms with van der Waals surface area (Å²) in [5, 5.41) is 14.2. The minimum absolute atomic E-state index is 0.220. The van der Waals surface area contributed by atoms with Gasteiger partial charge in [-0.25, -0.2) is 4.79 Å². The zero-order chi connectivity index (χ0) is 7.84. The molecule has 0 aliphatic carbocycles. The number of rotatable bonds is 0. The molecule has 5 nitrogen and oxygen atoms in total. The van der Waals surface area contributed by atoms with Crippen LogP contribution in [0.2, 0.25) is 0 Å². The van der Waals surface area contributed by atoms with Crippen LogP contribution in [0.25, 0.3) is 0 Å². The second-order valence-corrected chi connectivity index (χ2v) is 2.01. The molecule has 2 heterocycles. The van der Waals surface area contributed by atoms with Crippen molar-refractivity contribution in [2.24, 2.45) is 0 Å². The van der Waals surface area contributed by atoms with Crippen molar-refractivity contribution in [1.29, 1.82) is 5.41 Å². The van der Waals surface area contributed by atoms with Crippen molar-refractivity contribution in [1.82, 2.24) is 10.2 Å². The molecule has 0 aromatic carbocycles. The predicted octanol–water partition coefficient (Wildman–Crippen LogP) is -0.0276. The number of cyclic esters (lactones) is 1. The van der Waals surface area contributed by atoms with Crippen LogP contribution in [0.15, 0.2) is 12.3 Å². The van der Waals surface area contributed by atoms with Crippen LogP contribution in [0.4, 0.5) is 0 Å². The number of nitrogens with zero attached hydrogens (tertiary/aromatic N) is 2. The van der Waals surface area contributed by atoms with E-state index in [4.69, 9.17) is 5.41 Å². The first-order chi connectivity index (χ1) is 5.29. The second kappa shape index (κ2) is 1.85. The largest absolute Gasteiger partial charge is 0.402 e. The molecule has 0 spiro atoms. The minimum Gasteiger partial charge on any atom is -0.402 e. The van der Waals surface area contributed by atoms with E-state index in [9.17, 15) is 4.79 Å². The summed E-state index contributed by atoms with van der Waals surface area (Å²) in [6, 6.07) is 1.48. The summed E-state index contributed by atoms with van der Waals surface area (Å²) in [6.45, 7) is 0. The highest BCUT2D eigenvalue weighted by molar-refractivity contribution is 6.14. The van der Waals surface area contributed by atoms with Gasteiger partial charge < -0.3 is 4.74 Å². The van der Waals surface area contributed by atoms with E-state index in [0.717, 1.165) is 0 Å². The summed E-state index contributed by atoms with van der Waals surface area (Å²) in [7, 11) is 0. The molecule has 0 saturated heterocycles. The zero-order valence-corrected chi connectivity index (χ0v) is 5.37. The number of fused-ring (bicyclic) bond motifs is 1. The average molecular weight is 149 g/mol. The van der Waals surface area contributed by atoms with Crippen LogP contribution in [-0.4, -0.2) is 22.1 Å². The molecule has 0 radical (unpaired) electrons. The maximum atomic E-state index is 10.8. The van der Waals surface area contributed by atoms with Gasteiger partial charge in [-0.3, -0.25) is 5.41 Å². The Morgan fingerprint density at radius 3 is 3.09 bits per heavy atom. The van der Waals surface area contributed by atoms with Gasteiger partial charge in [0, 0.05) is 0 Å². The van der Waals surface area contributed by atoms with Crippen LogP contribution < -0.4 is 0 Å². The Bertz CT molecular complexity index is 314. The molecule has 1 aliphatic rings. The van der Waals surface area contributed by atoms with Crippen molar-refractivity contribution in [3.8, 4) is 0 Å². The van der Waals surface area contributed by atoms with Crippen LogP contribution in [-0.2, 0) is 4.74 Å². The summed E-state index contributed by atoms with van der Waals surface area (Å²) in [4.78, 5) is 10.8. The Kier molecular flexibility index (Phi) is 1.00. The fraction of sp³-hybridized carbons (Fsp3) is 0. The van der Waals surface area contributed by atoms with E-state index < -0.39 is 5.97 Å². The Labute approximate surface area is 61.5 Å². The number of carbonyl (C=O) groups excluding carboxylic acids is 1. The minimum atomic E-state index is -0.528.